The third kappa shape index (κ3) is 2.19. The van der Waals surface area contributed by atoms with E-state index < -0.39 is 0 Å². The summed E-state index contributed by atoms with van der Waals surface area (Å²) in [6.45, 7) is 2.08. The van der Waals surface area contributed by atoms with E-state index in [1.54, 1.807) is 0 Å². The van der Waals surface area contributed by atoms with Crippen molar-refractivity contribution < 1.29 is 0 Å². The Kier molecular flexibility index (Phi) is 3.37. The summed E-state index contributed by atoms with van der Waals surface area (Å²) < 4.78 is 2.09. The van der Waals surface area contributed by atoms with Crippen LogP contribution in [0.2, 0.25) is 0 Å². The number of nitrogens with zero attached hydrogens (tertiary/aromatic N) is 4. The largest absolute Gasteiger partial charge is 0.353 e. The maximum atomic E-state index is 6.13. The highest BCUT2D eigenvalue weighted by molar-refractivity contribution is 6.17. The van der Waals surface area contributed by atoms with Gasteiger partial charge >= 0.3 is 0 Å². The average Bonchev–Trinajstić information content (AvgIpc) is 3.02. The summed E-state index contributed by atoms with van der Waals surface area (Å²) in [7, 11) is 4.28. The molecule has 2 aromatic rings. The molecule has 0 saturated carbocycles. The van der Waals surface area contributed by atoms with Crippen LogP contribution in [0.25, 0.3) is 5.65 Å². The van der Waals surface area contributed by atoms with Gasteiger partial charge in [-0.15, -0.1) is 11.6 Å². The zero-order valence-electron chi connectivity index (χ0n) is 11.4. The molecule has 0 aromatic carbocycles. The molecule has 3 heterocycles. The molecular weight excluding hydrogens is 260 g/mol. The first-order valence-corrected chi connectivity index (χ1v) is 7.17. The molecule has 0 bridgehead atoms. The quantitative estimate of drug-likeness (QED) is 0.805. The maximum absolute atomic E-state index is 6.13. The SMILES string of the molecule is CN(C)C1CCN(c2nc3ccccn3c2CCl)C1. The fraction of sp³-hybridized carbons (Fsp3) is 0.500. The Morgan fingerprint density at radius 1 is 1.42 bits per heavy atom. The summed E-state index contributed by atoms with van der Waals surface area (Å²) in [6, 6.07) is 6.66. The number of imidazole rings is 1. The summed E-state index contributed by atoms with van der Waals surface area (Å²) in [5, 5.41) is 0. The number of rotatable bonds is 3. The van der Waals surface area contributed by atoms with Crippen molar-refractivity contribution in [2.75, 3.05) is 32.1 Å². The second-order valence-electron chi connectivity index (χ2n) is 5.30. The lowest BCUT2D eigenvalue weighted by Gasteiger charge is -2.20. The summed E-state index contributed by atoms with van der Waals surface area (Å²) in [6.07, 6.45) is 3.21. The maximum Gasteiger partial charge on any atom is 0.152 e. The zero-order valence-corrected chi connectivity index (χ0v) is 12.1. The average molecular weight is 279 g/mol. The summed E-state index contributed by atoms with van der Waals surface area (Å²) >= 11 is 6.13. The molecule has 2 aromatic heterocycles. The van der Waals surface area contributed by atoms with E-state index in [0.29, 0.717) is 11.9 Å². The number of aromatic nitrogens is 2. The number of anilines is 1. The Balaban J connectivity index is 1.97. The van der Waals surface area contributed by atoms with Gasteiger partial charge in [0.15, 0.2) is 5.82 Å². The first-order valence-electron chi connectivity index (χ1n) is 6.64. The van der Waals surface area contributed by atoms with Gasteiger partial charge in [0, 0.05) is 25.3 Å². The molecule has 1 unspecified atom stereocenters. The van der Waals surface area contributed by atoms with E-state index in [1.165, 1.54) is 6.42 Å². The highest BCUT2D eigenvalue weighted by atomic mass is 35.5. The van der Waals surface area contributed by atoms with E-state index in [-0.39, 0.29) is 0 Å². The highest BCUT2D eigenvalue weighted by Crippen LogP contribution is 2.27. The van der Waals surface area contributed by atoms with Crippen molar-refractivity contribution in [3.05, 3.63) is 30.1 Å². The third-order valence-corrected chi connectivity index (χ3v) is 4.18. The molecule has 0 amide bonds. The van der Waals surface area contributed by atoms with Gasteiger partial charge in [0.25, 0.3) is 0 Å². The van der Waals surface area contributed by atoms with E-state index in [9.17, 15) is 0 Å². The Labute approximate surface area is 118 Å². The number of pyridine rings is 1. The van der Waals surface area contributed by atoms with E-state index in [1.807, 2.05) is 24.4 Å². The lowest BCUT2D eigenvalue weighted by Crippen LogP contribution is -2.31. The van der Waals surface area contributed by atoms with E-state index >= 15 is 0 Å². The molecule has 0 N–H and O–H groups in total. The first-order chi connectivity index (χ1) is 9.20. The van der Waals surface area contributed by atoms with Crippen molar-refractivity contribution in [2.24, 2.45) is 0 Å². The molecule has 19 heavy (non-hydrogen) atoms. The molecule has 0 spiro atoms. The molecular formula is C14H19ClN4. The van der Waals surface area contributed by atoms with Crippen LogP contribution in [0, 0.1) is 0 Å². The van der Waals surface area contributed by atoms with Crippen LogP contribution in [0.1, 0.15) is 12.1 Å². The first kappa shape index (κ1) is 12.8. The Bertz CT molecular complexity index is 578. The van der Waals surface area contributed by atoms with Gasteiger partial charge in [0.05, 0.1) is 11.6 Å². The van der Waals surface area contributed by atoms with Crippen LogP contribution in [-0.4, -0.2) is 47.5 Å². The Morgan fingerprint density at radius 2 is 2.26 bits per heavy atom. The predicted octanol–water partition coefficient (Wildman–Crippen LogP) is 2.21. The Morgan fingerprint density at radius 3 is 2.95 bits per heavy atom. The summed E-state index contributed by atoms with van der Waals surface area (Å²) in [5.74, 6) is 1.54. The second kappa shape index (κ2) is 5.02. The summed E-state index contributed by atoms with van der Waals surface area (Å²) in [4.78, 5) is 9.39. The smallest absolute Gasteiger partial charge is 0.152 e. The molecule has 4 nitrogen and oxygen atoms in total. The van der Waals surface area contributed by atoms with Gasteiger partial charge in [-0.3, -0.25) is 0 Å². The van der Waals surface area contributed by atoms with Gasteiger partial charge in [-0.05, 0) is 32.6 Å². The van der Waals surface area contributed by atoms with Crippen molar-refractivity contribution >= 4 is 23.1 Å². The van der Waals surface area contributed by atoms with E-state index in [0.717, 1.165) is 30.2 Å². The minimum absolute atomic E-state index is 0.490. The number of hydrogen-bond acceptors (Lipinski definition) is 3. The van der Waals surface area contributed by atoms with Gasteiger partial charge in [-0.25, -0.2) is 4.98 Å². The van der Waals surface area contributed by atoms with Gasteiger partial charge in [-0.1, -0.05) is 6.07 Å². The molecule has 102 valence electrons. The molecule has 0 radical (unpaired) electrons. The molecule has 1 fully saturated rings. The number of halogens is 1. The predicted molar refractivity (Wildman–Crippen MR) is 79.1 cm³/mol. The standard InChI is InChI=1S/C14H19ClN4/c1-17(2)11-6-8-18(10-11)14-12(9-15)19-7-4-3-5-13(19)16-14/h3-5,7,11H,6,8-10H2,1-2H3. The number of hydrogen-bond donors (Lipinski definition) is 0. The molecule has 1 aliphatic rings. The van der Waals surface area contributed by atoms with Gasteiger partial charge in [0.2, 0.25) is 0 Å². The number of likely N-dealkylation sites (N-methyl/N-ethyl adjacent to an activating group) is 1. The van der Waals surface area contributed by atoms with Crippen LogP contribution in [-0.2, 0) is 5.88 Å². The minimum atomic E-state index is 0.490. The number of fused-ring (bicyclic) bond motifs is 1. The Hall–Kier alpha value is -1.26. The zero-order chi connectivity index (χ0) is 13.4. The van der Waals surface area contributed by atoms with Crippen molar-refractivity contribution in [1.29, 1.82) is 0 Å². The molecule has 1 atom stereocenters. The topological polar surface area (TPSA) is 23.8 Å². The lowest BCUT2D eigenvalue weighted by atomic mass is 10.2. The van der Waals surface area contributed by atoms with Crippen LogP contribution in [0.5, 0.6) is 0 Å². The molecule has 3 rings (SSSR count). The van der Waals surface area contributed by atoms with Crippen LogP contribution in [0.3, 0.4) is 0 Å². The van der Waals surface area contributed by atoms with Crippen LogP contribution in [0.4, 0.5) is 5.82 Å². The molecule has 0 aliphatic carbocycles. The van der Waals surface area contributed by atoms with Crippen LogP contribution in [0.15, 0.2) is 24.4 Å². The van der Waals surface area contributed by atoms with E-state index in [2.05, 4.69) is 28.3 Å². The van der Waals surface area contributed by atoms with Crippen LogP contribution >= 0.6 is 11.6 Å². The summed E-state index contributed by atoms with van der Waals surface area (Å²) in [5.41, 5.74) is 2.07. The van der Waals surface area contributed by atoms with Gasteiger partial charge in [0.1, 0.15) is 5.65 Å². The van der Waals surface area contributed by atoms with Gasteiger partial charge in [-0.2, -0.15) is 0 Å². The second-order valence-corrected chi connectivity index (χ2v) is 5.56. The van der Waals surface area contributed by atoms with Crippen molar-refractivity contribution in [3.8, 4) is 0 Å². The van der Waals surface area contributed by atoms with Crippen molar-refractivity contribution in [1.82, 2.24) is 14.3 Å². The number of alkyl halides is 1. The fourth-order valence-corrected chi connectivity index (χ4v) is 3.02. The normalized spacial score (nSPS) is 19.8. The van der Waals surface area contributed by atoms with Crippen molar-refractivity contribution in [3.63, 3.8) is 0 Å². The van der Waals surface area contributed by atoms with Crippen molar-refractivity contribution in [2.45, 2.75) is 18.3 Å². The minimum Gasteiger partial charge on any atom is -0.353 e. The highest BCUT2D eigenvalue weighted by Gasteiger charge is 2.27. The lowest BCUT2D eigenvalue weighted by molar-refractivity contribution is 0.315. The fourth-order valence-electron chi connectivity index (χ4n) is 2.77. The van der Waals surface area contributed by atoms with E-state index in [4.69, 9.17) is 16.6 Å². The molecule has 1 saturated heterocycles. The third-order valence-electron chi connectivity index (χ3n) is 3.93. The van der Waals surface area contributed by atoms with Gasteiger partial charge < -0.3 is 14.2 Å². The monoisotopic (exact) mass is 278 g/mol. The molecule has 5 heteroatoms. The van der Waals surface area contributed by atoms with Crippen LogP contribution < -0.4 is 4.90 Å². The molecule has 1 aliphatic heterocycles.